The smallest absolute Gasteiger partial charge is 0.267 e. The van der Waals surface area contributed by atoms with Gasteiger partial charge in [-0.3, -0.25) is 4.79 Å². The van der Waals surface area contributed by atoms with Gasteiger partial charge in [0.15, 0.2) is 0 Å². The number of carbonyl (C=O) groups excluding carboxylic acids is 1. The second kappa shape index (κ2) is 6.71. The number of nitrogens with one attached hydrogen (secondary N) is 1. The van der Waals surface area contributed by atoms with Crippen LogP contribution in [-0.4, -0.2) is 12.1 Å². The van der Waals surface area contributed by atoms with E-state index in [0.29, 0.717) is 17.0 Å². The minimum absolute atomic E-state index is 0.249. The minimum atomic E-state index is -0.249. The first kappa shape index (κ1) is 13.3. The Hall–Kier alpha value is -2.13. The summed E-state index contributed by atoms with van der Waals surface area (Å²) in [4.78, 5) is 11.7. The van der Waals surface area contributed by atoms with Gasteiger partial charge in [-0.1, -0.05) is 41.9 Å². The van der Waals surface area contributed by atoms with Crippen molar-refractivity contribution < 1.29 is 4.79 Å². The Labute approximate surface area is 116 Å². The van der Waals surface area contributed by atoms with Gasteiger partial charge in [-0.15, -0.1) is 0 Å². The van der Waals surface area contributed by atoms with Gasteiger partial charge in [0.25, 0.3) is 5.91 Å². The summed E-state index contributed by atoms with van der Waals surface area (Å²) in [5.74, 6) is -0.249. The van der Waals surface area contributed by atoms with Crippen LogP contribution >= 0.6 is 11.6 Å². The number of carbonyl (C=O) groups is 1. The molecule has 19 heavy (non-hydrogen) atoms. The van der Waals surface area contributed by atoms with Crippen LogP contribution in [0.4, 0.5) is 0 Å². The first-order chi connectivity index (χ1) is 9.25. The van der Waals surface area contributed by atoms with Crippen molar-refractivity contribution in [3.05, 3.63) is 70.7 Å². The van der Waals surface area contributed by atoms with Crippen LogP contribution in [-0.2, 0) is 6.42 Å². The summed E-state index contributed by atoms with van der Waals surface area (Å²) in [6, 6.07) is 16.6. The maximum atomic E-state index is 11.7. The molecule has 1 amide bonds. The van der Waals surface area contributed by atoms with Gasteiger partial charge in [0.05, 0.1) is 0 Å². The Morgan fingerprint density at radius 3 is 2.47 bits per heavy atom. The fourth-order valence-corrected chi connectivity index (χ4v) is 1.66. The summed E-state index contributed by atoms with van der Waals surface area (Å²) < 4.78 is 0. The lowest BCUT2D eigenvalue weighted by molar-refractivity contribution is 0.0955. The third kappa shape index (κ3) is 4.23. The second-order valence-corrected chi connectivity index (χ2v) is 4.39. The number of halogens is 1. The summed E-state index contributed by atoms with van der Waals surface area (Å²) in [6.07, 6.45) is 2.35. The zero-order valence-corrected chi connectivity index (χ0v) is 11.0. The van der Waals surface area contributed by atoms with Crippen LogP contribution in [0.15, 0.2) is 59.7 Å². The highest BCUT2D eigenvalue weighted by molar-refractivity contribution is 6.30. The number of hydrogen-bond acceptors (Lipinski definition) is 2. The van der Waals surface area contributed by atoms with Crippen molar-refractivity contribution in [2.24, 2.45) is 5.10 Å². The molecule has 0 saturated carbocycles. The summed E-state index contributed by atoms with van der Waals surface area (Å²) in [5, 5.41) is 4.51. The van der Waals surface area contributed by atoms with E-state index in [1.165, 1.54) is 0 Å². The highest BCUT2D eigenvalue weighted by Gasteiger charge is 2.02. The van der Waals surface area contributed by atoms with Gasteiger partial charge < -0.3 is 0 Å². The first-order valence-corrected chi connectivity index (χ1v) is 6.25. The molecule has 0 aliphatic rings. The molecule has 0 aliphatic carbocycles. The average molecular weight is 273 g/mol. The number of rotatable bonds is 4. The van der Waals surface area contributed by atoms with Crippen LogP contribution in [0.3, 0.4) is 0 Å². The third-order valence-electron chi connectivity index (χ3n) is 2.53. The molecule has 0 fully saturated rings. The SMILES string of the molecule is O=C(N/N=C/Cc1ccccc1)c1ccc(Cl)cc1. The van der Waals surface area contributed by atoms with Gasteiger partial charge in [0.2, 0.25) is 0 Å². The summed E-state index contributed by atoms with van der Waals surface area (Å²) in [5.41, 5.74) is 4.15. The van der Waals surface area contributed by atoms with Crippen molar-refractivity contribution in [3.8, 4) is 0 Å². The third-order valence-corrected chi connectivity index (χ3v) is 2.79. The summed E-state index contributed by atoms with van der Waals surface area (Å²) in [7, 11) is 0. The van der Waals surface area contributed by atoms with Gasteiger partial charge >= 0.3 is 0 Å². The summed E-state index contributed by atoms with van der Waals surface area (Å²) >= 11 is 5.75. The fourth-order valence-electron chi connectivity index (χ4n) is 1.54. The van der Waals surface area contributed by atoms with Crippen molar-refractivity contribution in [2.45, 2.75) is 6.42 Å². The van der Waals surface area contributed by atoms with E-state index in [4.69, 9.17) is 11.6 Å². The molecule has 0 radical (unpaired) electrons. The maximum absolute atomic E-state index is 11.7. The van der Waals surface area contributed by atoms with Crippen LogP contribution in [0, 0.1) is 0 Å². The van der Waals surface area contributed by atoms with E-state index >= 15 is 0 Å². The Kier molecular flexibility index (Phi) is 4.70. The topological polar surface area (TPSA) is 41.5 Å². The molecule has 3 nitrogen and oxygen atoms in total. The van der Waals surface area contributed by atoms with E-state index in [2.05, 4.69) is 10.5 Å². The Bertz CT molecular complexity index is 564. The van der Waals surface area contributed by atoms with Crippen molar-refractivity contribution in [1.82, 2.24) is 5.43 Å². The van der Waals surface area contributed by atoms with Gasteiger partial charge in [-0.25, -0.2) is 5.43 Å². The number of nitrogens with zero attached hydrogens (tertiary/aromatic N) is 1. The summed E-state index contributed by atoms with van der Waals surface area (Å²) in [6.45, 7) is 0. The normalized spacial score (nSPS) is 10.6. The first-order valence-electron chi connectivity index (χ1n) is 5.87. The monoisotopic (exact) mass is 272 g/mol. The van der Waals surface area contributed by atoms with Crippen molar-refractivity contribution >= 4 is 23.7 Å². The van der Waals surface area contributed by atoms with Crippen molar-refractivity contribution in [1.29, 1.82) is 0 Å². The number of hydrogen-bond donors (Lipinski definition) is 1. The highest BCUT2D eigenvalue weighted by atomic mass is 35.5. The lowest BCUT2D eigenvalue weighted by atomic mass is 10.2. The van der Waals surface area contributed by atoms with E-state index < -0.39 is 0 Å². The Balaban J connectivity index is 1.85. The molecular weight excluding hydrogens is 260 g/mol. The second-order valence-electron chi connectivity index (χ2n) is 3.95. The molecule has 0 heterocycles. The largest absolute Gasteiger partial charge is 0.271 e. The zero-order chi connectivity index (χ0) is 13.5. The molecule has 0 spiro atoms. The standard InChI is InChI=1S/C15H13ClN2O/c16-14-8-6-13(7-9-14)15(19)18-17-11-10-12-4-2-1-3-5-12/h1-9,11H,10H2,(H,18,19)/b17-11+. The van der Waals surface area contributed by atoms with Gasteiger partial charge in [0.1, 0.15) is 0 Å². The molecule has 2 aromatic rings. The van der Waals surface area contributed by atoms with Crippen molar-refractivity contribution in [2.75, 3.05) is 0 Å². The molecule has 0 aromatic heterocycles. The van der Waals surface area contributed by atoms with E-state index in [0.717, 1.165) is 5.56 Å². The van der Waals surface area contributed by atoms with E-state index in [9.17, 15) is 4.79 Å². The van der Waals surface area contributed by atoms with Gasteiger partial charge in [0, 0.05) is 23.2 Å². The Morgan fingerprint density at radius 1 is 1.11 bits per heavy atom. The molecule has 0 atom stereocenters. The minimum Gasteiger partial charge on any atom is -0.267 e. The molecule has 0 unspecified atom stereocenters. The molecular formula is C15H13ClN2O. The molecule has 1 N–H and O–H groups in total. The van der Waals surface area contributed by atoms with Gasteiger partial charge in [-0.2, -0.15) is 5.10 Å². The molecule has 96 valence electrons. The fraction of sp³-hybridized carbons (Fsp3) is 0.0667. The maximum Gasteiger partial charge on any atom is 0.271 e. The quantitative estimate of drug-likeness (QED) is 0.673. The van der Waals surface area contributed by atoms with Crippen LogP contribution in [0.25, 0.3) is 0 Å². The molecule has 2 aromatic carbocycles. The number of hydrazone groups is 1. The van der Waals surface area contributed by atoms with E-state index in [1.54, 1.807) is 30.5 Å². The van der Waals surface area contributed by atoms with Crippen molar-refractivity contribution in [3.63, 3.8) is 0 Å². The van der Waals surface area contributed by atoms with Crippen LogP contribution in [0.5, 0.6) is 0 Å². The number of amides is 1. The Morgan fingerprint density at radius 2 is 1.79 bits per heavy atom. The zero-order valence-electron chi connectivity index (χ0n) is 10.2. The molecule has 2 rings (SSSR count). The van der Waals surface area contributed by atoms with Gasteiger partial charge in [-0.05, 0) is 29.8 Å². The van der Waals surface area contributed by atoms with E-state index in [-0.39, 0.29) is 5.91 Å². The van der Waals surface area contributed by atoms with Crippen LogP contribution in [0.1, 0.15) is 15.9 Å². The molecule has 0 aliphatic heterocycles. The molecule has 4 heteroatoms. The van der Waals surface area contributed by atoms with Crippen LogP contribution < -0.4 is 5.43 Å². The van der Waals surface area contributed by atoms with E-state index in [1.807, 2.05) is 30.3 Å². The predicted octanol–water partition coefficient (Wildman–Crippen LogP) is 3.30. The molecule has 0 saturated heterocycles. The molecule has 0 bridgehead atoms. The lowest BCUT2D eigenvalue weighted by Crippen LogP contribution is -2.17. The highest BCUT2D eigenvalue weighted by Crippen LogP contribution is 2.09. The predicted molar refractivity (Wildman–Crippen MR) is 77.6 cm³/mol. The number of benzene rings is 2. The lowest BCUT2D eigenvalue weighted by Gasteiger charge is -1.99. The average Bonchev–Trinajstić information content (AvgIpc) is 2.45. The van der Waals surface area contributed by atoms with Crippen LogP contribution in [0.2, 0.25) is 5.02 Å².